The largest absolute Gasteiger partial charge is 0.452 e. The minimum absolute atomic E-state index is 0.0823. The molecule has 0 amide bonds. The highest BCUT2D eigenvalue weighted by molar-refractivity contribution is 5.86. The Labute approximate surface area is 125 Å². The van der Waals surface area contributed by atoms with Gasteiger partial charge in [0.15, 0.2) is 12.4 Å². The fraction of sp³-hybridized carbons (Fsp3) is 0.286. The first kappa shape index (κ1) is 14.1. The van der Waals surface area contributed by atoms with Crippen molar-refractivity contribution in [1.82, 2.24) is 19.9 Å². The zero-order chi connectivity index (χ0) is 15.4. The summed E-state index contributed by atoms with van der Waals surface area (Å²) in [6, 6.07) is 5.08. The number of furan rings is 1. The van der Waals surface area contributed by atoms with Gasteiger partial charge in [-0.3, -0.25) is 4.68 Å². The number of hydrogen-bond donors (Lipinski definition) is 0. The summed E-state index contributed by atoms with van der Waals surface area (Å²) >= 11 is 0. The molecule has 3 aromatic rings. The molecule has 8 nitrogen and oxygen atoms in total. The normalized spacial score (nSPS) is 10.8. The summed E-state index contributed by atoms with van der Waals surface area (Å²) in [5.41, 5.74) is 0. The van der Waals surface area contributed by atoms with E-state index in [4.69, 9.17) is 13.7 Å². The van der Waals surface area contributed by atoms with Gasteiger partial charge in [-0.2, -0.15) is 10.1 Å². The van der Waals surface area contributed by atoms with Crippen molar-refractivity contribution in [1.29, 1.82) is 0 Å². The van der Waals surface area contributed by atoms with Crippen molar-refractivity contribution in [3.8, 4) is 0 Å². The lowest BCUT2D eigenvalue weighted by atomic mass is 10.4. The number of ether oxygens (including phenoxy) is 1. The van der Waals surface area contributed by atoms with Crippen molar-refractivity contribution in [3.05, 3.63) is 53.8 Å². The van der Waals surface area contributed by atoms with Crippen LogP contribution in [0.5, 0.6) is 0 Å². The van der Waals surface area contributed by atoms with Gasteiger partial charge in [0, 0.05) is 18.8 Å². The van der Waals surface area contributed by atoms with E-state index in [9.17, 15) is 4.79 Å². The van der Waals surface area contributed by atoms with Crippen LogP contribution in [0.3, 0.4) is 0 Å². The molecule has 0 atom stereocenters. The van der Waals surface area contributed by atoms with Gasteiger partial charge < -0.3 is 13.7 Å². The maximum Gasteiger partial charge on any atom is 0.374 e. The Morgan fingerprint density at radius 3 is 3.05 bits per heavy atom. The van der Waals surface area contributed by atoms with Gasteiger partial charge in [0.1, 0.15) is 5.76 Å². The number of rotatable bonds is 6. The molecule has 0 N–H and O–H groups in total. The van der Waals surface area contributed by atoms with Crippen LogP contribution < -0.4 is 0 Å². The summed E-state index contributed by atoms with van der Waals surface area (Å²) in [5.74, 6) is 0.987. The second kappa shape index (κ2) is 6.25. The van der Waals surface area contributed by atoms with Crippen molar-refractivity contribution in [2.24, 2.45) is 0 Å². The Bertz CT molecular complexity index is 745. The van der Waals surface area contributed by atoms with Gasteiger partial charge in [-0.15, -0.1) is 0 Å². The van der Waals surface area contributed by atoms with Crippen LogP contribution in [-0.2, 0) is 24.3 Å². The first-order chi connectivity index (χ1) is 10.7. The monoisotopic (exact) mass is 302 g/mol. The van der Waals surface area contributed by atoms with Crippen molar-refractivity contribution in [3.63, 3.8) is 0 Å². The predicted molar refractivity (Wildman–Crippen MR) is 72.8 cm³/mol. The molecular weight excluding hydrogens is 288 g/mol. The minimum Gasteiger partial charge on any atom is -0.452 e. The third-order valence-corrected chi connectivity index (χ3v) is 2.89. The molecule has 0 saturated carbocycles. The Morgan fingerprint density at radius 1 is 1.41 bits per heavy atom. The lowest BCUT2D eigenvalue weighted by Crippen LogP contribution is -2.04. The molecule has 0 unspecified atom stereocenters. The van der Waals surface area contributed by atoms with E-state index < -0.39 is 5.97 Å². The molecule has 0 aliphatic rings. The number of carbonyl (C=O) groups excluding carboxylic acids is 1. The van der Waals surface area contributed by atoms with Gasteiger partial charge in [0.05, 0.1) is 6.54 Å². The van der Waals surface area contributed by atoms with Crippen molar-refractivity contribution >= 4 is 5.97 Å². The van der Waals surface area contributed by atoms with Crippen LogP contribution in [-0.4, -0.2) is 25.9 Å². The highest BCUT2D eigenvalue weighted by Crippen LogP contribution is 2.11. The van der Waals surface area contributed by atoms with Gasteiger partial charge >= 0.3 is 5.97 Å². The molecule has 0 aliphatic carbocycles. The van der Waals surface area contributed by atoms with Gasteiger partial charge in [-0.05, 0) is 18.2 Å². The Kier molecular flexibility index (Phi) is 3.99. The number of carbonyl (C=O) groups is 1. The molecule has 0 radical (unpaired) electrons. The molecule has 22 heavy (non-hydrogen) atoms. The summed E-state index contributed by atoms with van der Waals surface area (Å²) in [7, 11) is 0. The predicted octanol–water partition coefficient (Wildman–Crippen LogP) is 1.83. The van der Waals surface area contributed by atoms with Gasteiger partial charge in [-0.25, -0.2) is 4.79 Å². The molecular formula is C14H14N4O4. The van der Waals surface area contributed by atoms with E-state index >= 15 is 0 Å². The standard InChI is InChI=1S/C14H14N4O4/c1-2-12-16-13(22-17-12)9-20-14(19)11-5-4-10(21-11)8-18-7-3-6-15-18/h3-7H,2,8-9H2,1H3. The molecule has 0 aliphatic heterocycles. The molecule has 114 valence electrons. The lowest BCUT2D eigenvalue weighted by molar-refractivity contribution is 0.0391. The van der Waals surface area contributed by atoms with Crippen molar-refractivity contribution < 1.29 is 18.5 Å². The maximum absolute atomic E-state index is 11.9. The molecule has 0 bridgehead atoms. The van der Waals surface area contributed by atoms with E-state index in [1.54, 1.807) is 29.2 Å². The number of esters is 1. The van der Waals surface area contributed by atoms with E-state index in [0.717, 1.165) is 0 Å². The molecule has 0 aromatic carbocycles. The highest BCUT2D eigenvalue weighted by Gasteiger charge is 2.15. The summed E-state index contributed by atoms with van der Waals surface area (Å²) in [6.45, 7) is 2.27. The van der Waals surface area contributed by atoms with E-state index in [2.05, 4.69) is 15.2 Å². The first-order valence-electron chi connectivity index (χ1n) is 6.79. The van der Waals surface area contributed by atoms with Crippen LogP contribution in [0.15, 0.2) is 39.5 Å². The summed E-state index contributed by atoms with van der Waals surface area (Å²) < 4.78 is 17.1. The zero-order valence-electron chi connectivity index (χ0n) is 11.9. The molecule has 3 aromatic heterocycles. The third-order valence-electron chi connectivity index (χ3n) is 2.89. The Balaban J connectivity index is 1.57. The van der Waals surface area contributed by atoms with Gasteiger partial charge in [0.2, 0.25) is 5.76 Å². The van der Waals surface area contributed by atoms with Gasteiger partial charge in [-0.1, -0.05) is 12.1 Å². The van der Waals surface area contributed by atoms with Crippen LogP contribution in [0.2, 0.25) is 0 Å². The summed E-state index contributed by atoms with van der Waals surface area (Å²) in [6.07, 6.45) is 4.14. The Hall–Kier alpha value is -2.90. The van der Waals surface area contributed by atoms with E-state index in [1.807, 2.05) is 13.0 Å². The quantitative estimate of drug-likeness (QED) is 0.641. The summed E-state index contributed by atoms with van der Waals surface area (Å²) in [5, 5.41) is 7.79. The van der Waals surface area contributed by atoms with Crippen LogP contribution in [0.1, 0.15) is 35.0 Å². The molecule has 3 rings (SSSR count). The van der Waals surface area contributed by atoms with Gasteiger partial charge in [0.25, 0.3) is 5.89 Å². The second-order valence-corrected chi connectivity index (χ2v) is 4.50. The van der Waals surface area contributed by atoms with E-state index in [0.29, 0.717) is 24.6 Å². The fourth-order valence-electron chi connectivity index (χ4n) is 1.82. The van der Waals surface area contributed by atoms with Crippen molar-refractivity contribution in [2.45, 2.75) is 26.5 Å². The molecule has 8 heteroatoms. The molecule has 0 spiro atoms. The number of aromatic nitrogens is 4. The molecule has 0 fully saturated rings. The SMILES string of the molecule is CCc1noc(COC(=O)c2ccc(Cn3cccn3)o2)n1. The average Bonchev–Trinajstić information content (AvgIpc) is 3.27. The Morgan fingerprint density at radius 2 is 2.32 bits per heavy atom. The van der Waals surface area contributed by atoms with Crippen LogP contribution in [0.25, 0.3) is 0 Å². The summed E-state index contributed by atoms with van der Waals surface area (Å²) in [4.78, 5) is 15.9. The lowest BCUT2D eigenvalue weighted by Gasteiger charge is -1.99. The van der Waals surface area contributed by atoms with Crippen LogP contribution in [0.4, 0.5) is 0 Å². The number of hydrogen-bond acceptors (Lipinski definition) is 7. The smallest absolute Gasteiger partial charge is 0.374 e. The van der Waals surface area contributed by atoms with Crippen molar-refractivity contribution in [2.75, 3.05) is 0 Å². The van der Waals surface area contributed by atoms with Crippen LogP contribution in [0, 0.1) is 0 Å². The zero-order valence-corrected chi connectivity index (χ0v) is 11.9. The average molecular weight is 302 g/mol. The maximum atomic E-state index is 11.9. The first-order valence-corrected chi connectivity index (χ1v) is 6.79. The third kappa shape index (κ3) is 3.22. The molecule has 3 heterocycles. The number of aryl methyl sites for hydroxylation is 1. The minimum atomic E-state index is -0.581. The van der Waals surface area contributed by atoms with Crippen LogP contribution >= 0.6 is 0 Å². The highest BCUT2D eigenvalue weighted by atomic mass is 16.6. The fourth-order valence-corrected chi connectivity index (χ4v) is 1.82. The molecule has 0 saturated heterocycles. The number of nitrogens with zero attached hydrogens (tertiary/aromatic N) is 4. The second-order valence-electron chi connectivity index (χ2n) is 4.50. The topological polar surface area (TPSA) is 96.2 Å². The van der Waals surface area contributed by atoms with E-state index in [1.165, 1.54) is 0 Å². The van der Waals surface area contributed by atoms with E-state index in [-0.39, 0.29) is 18.3 Å².